The van der Waals surface area contributed by atoms with E-state index in [-0.39, 0.29) is 0 Å². The summed E-state index contributed by atoms with van der Waals surface area (Å²) in [6.07, 6.45) is -31.1. The molecule has 0 radical (unpaired) electrons. The molecule has 32 heavy (non-hydrogen) atoms. The van der Waals surface area contributed by atoms with Crippen molar-refractivity contribution in [2.45, 2.75) is 61.8 Å². The highest BCUT2D eigenvalue weighted by molar-refractivity contribution is 5.88. The van der Waals surface area contributed by atoms with Gasteiger partial charge in [0.2, 0.25) is 0 Å². The van der Waals surface area contributed by atoms with E-state index < -0.39 is 79.6 Å². The lowest BCUT2D eigenvalue weighted by Crippen LogP contribution is -2.58. The molecule has 1 unspecified atom stereocenters. The molecule has 0 saturated heterocycles. The van der Waals surface area contributed by atoms with Gasteiger partial charge in [-0.15, -0.1) is 0 Å². The van der Waals surface area contributed by atoms with Crippen molar-refractivity contribution < 1.29 is 77.2 Å². The monoisotopic (exact) mass is 504 g/mol. The fourth-order valence-electron chi connectivity index (χ4n) is 2.03. The molecule has 5 nitrogen and oxygen atoms in total. The standard InChI is InChI=1S/C15H16F12O5/c1-7(6-31-4-3-10(29,12(16,17)18)13(19,20)21)9(28)32-8(2)5-11(30,14(22,23)24)15(25,26)27/h8,29-30H,1,3-6H2,2H3. The molecular weight excluding hydrogens is 488 g/mol. The summed E-state index contributed by atoms with van der Waals surface area (Å²) in [5, 5.41) is 17.9. The first kappa shape index (κ1) is 30.2. The highest BCUT2D eigenvalue weighted by atomic mass is 19.4. The molecule has 0 spiro atoms. The van der Waals surface area contributed by atoms with E-state index in [2.05, 4.69) is 16.1 Å². The van der Waals surface area contributed by atoms with E-state index in [0.717, 1.165) is 0 Å². The van der Waals surface area contributed by atoms with E-state index >= 15 is 0 Å². The molecule has 2 N–H and O–H groups in total. The number of hydrogen-bond acceptors (Lipinski definition) is 5. The van der Waals surface area contributed by atoms with Crippen LogP contribution in [-0.4, -0.2) is 71.4 Å². The lowest BCUT2D eigenvalue weighted by atomic mass is 9.95. The minimum absolute atomic E-state index is 0.543. The van der Waals surface area contributed by atoms with E-state index in [9.17, 15) is 57.5 Å². The number of esters is 1. The third-order valence-electron chi connectivity index (χ3n) is 3.94. The number of aliphatic hydroxyl groups is 2. The van der Waals surface area contributed by atoms with Crippen LogP contribution >= 0.6 is 0 Å². The summed E-state index contributed by atoms with van der Waals surface area (Å²) >= 11 is 0. The summed E-state index contributed by atoms with van der Waals surface area (Å²) < 4.78 is 159. The van der Waals surface area contributed by atoms with Gasteiger partial charge in [0.1, 0.15) is 6.10 Å². The molecule has 0 aromatic carbocycles. The Balaban J connectivity index is 4.92. The van der Waals surface area contributed by atoms with Gasteiger partial charge in [-0.3, -0.25) is 0 Å². The first-order valence-electron chi connectivity index (χ1n) is 8.09. The van der Waals surface area contributed by atoms with Gasteiger partial charge in [0.25, 0.3) is 11.2 Å². The number of hydrogen-bond donors (Lipinski definition) is 2. The Hall–Kier alpha value is -1.75. The summed E-state index contributed by atoms with van der Waals surface area (Å²) in [4.78, 5) is 11.6. The molecule has 190 valence electrons. The Morgan fingerprint density at radius 2 is 1.19 bits per heavy atom. The molecule has 0 aromatic rings. The number of ether oxygens (including phenoxy) is 2. The van der Waals surface area contributed by atoms with Crippen molar-refractivity contribution in [2.75, 3.05) is 13.2 Å². The van der Waals surface area contributed by atoms with Crippen molar-refractivity contribution in [3.8, 4) is 0 Å². The van der Waals surface area contributed by atoms with Crippen LogP contribution < -0.4 is 0 Å². The number of rotatable bonds is 9. The SMILES string of the molecule is C=C(COCCC(O)(C(F)(F)F)C(F)(F)F)C(=O)OC(C)CC(O)(C(F)(F)F)C(F)(F)F. The Bertz CT molecular complexity index is 634. The zero-order valence-electron chi connectivity index (χ0n) is 15.8. The summed E-state index contributed by atoms with van der Waals surface area (Å²) in [6.45, 7) is 0.893. The maximum absolute atomic E-state index is 12.6. The predicted molar refractivity (Wildman–Crippen MR) is 78.9 cm³/mol. The van der Waals surface area contributed by atoms with Gasteiger partial charge in [-0.2, -0.15) is 52.7 Å². The number of halogens is 12. The van der Waals surface area contributed by atoms with Gasteiger partial charge in [-0.1, -0.05) is 6.58 Å². The van der Waals surface area contributed by atoms with Gasteiger partial charge >= 0.3 is 30.7 Å². The normalized spacial score (nSPS) is 15.5. The van der Waals surface area contributed by atoms with Crippen molar-refractivity contribution in [2.24, 2.45) is 0 Å². The Labute approximate surface area is 171 Å². The second-order valence-electron chi connectivity index (χ2n) is 6.54. The molecule has 17 heteroatoms. The van der Waals surface area contributed by atoms with E-state index in [1.165, 1.54) is 0 Å². The van der Waals surface area contributed by atoms with Crippen LogP contribution in [0.5, 0.6) is 0 Å². The highest BCUT2D eigenvalue weighted by Crippen LogP contribution is 2.46. The minimum Gasteiger partial charge on any atom is -0.459 e. The smallest absolute Gasteiger partial charge is 0.426 e. The average Bonchev–Trinajstić information content (AvgIpc) is 2.53. The number of alkyl halides is 12. The summed E-state index contributed by atoms with van der Waals surface area (Å²) in [6, 6.07) is 0. The van der Waals surface area contributed by atoms with Gasteiger partial charge in [0.05, 0.1) is 18.8 Å². The average molecular weight is 504 g/mol. The second-order valence-corrected chi connectivity index (χ2v) is 6.54. The molecular formula is C15H16F12O5. The van der Waals surface area contributed by atoms with Crippen LogP contribution in [0.4, 0.5) is 52.7 Å². The lowest BCUT2D eigenvalue weighted by molar-refractivity contribution is -0.373. The number of carbonyl (C=O) groups is 1. The molecule has 0 aliphatic heterocycles. The maximum Gasteiger partial charge on any atom is 0.426 e. The third-order valence-corrected chi connectivity index (χ3v) is 3.94. The number of carbonyl (C=O) groups excluding carboxylic acids is 1. The zero-order valence-corrected chi connectivity index (χ0v) is 15.8. The Kier molecular flexibility index (Phi) is 9.10. The van der Waals surface area contributed by atoms with Gasteiger partial charge < -0.3 is 19.7 Å². The maximum atomic E-state index is 12.6. The van der Waals surface area contributed by atoms with Gasteiger partial charge in [-0.05, 0) is 6.92 Å². The molecule has 1 atom stereocenters. The second kappa shape index (κ2) is 9.62. The Morgan fingerprint density at radius 3 is 1.53 bits per heavy atom. The highest BCUT2D eigenvalue weighted by Gasteiger charge is 2.71. The summed E-state index contributed by atoms with van der Waals surface area (Å²) in [5.74, 6) is -1.70. The molecule has 0 aliphatic carbocycles. The van der Waals surface area contributed by atoms with Crippen LogP contribution in [0.2, 0.25) is 0 Å². The van der Waals surface area contributed by atoms with Crippen LogP contribution in [-0.2, 0) is 14.3 Å². The van der Waals surface area contributed by atoms with Crippen molar-refractivity contribution in [3.05, 3.63) is 12.2 Å². The quantitative estimate of drug-likeness (QED) is 0.215. The molecule has 0 fully saturated rings. The molecule has 0 rings (SSSR count). The van der Waals surface area contributed by atoms with Crippen molar-refractivity contribution in [1.29, 1.82) is 0 Å². The van der Waals surface area contributed by atoms with Gasteiger partial charge in [0, 0.05) is 12.8 Å². The van der Waals surface area contributed by atoms with Crippen molar-refractivity contribution >= 4 is 5.97 Å². The third kappa shape index (κ3) is 6.87. The van der Waals surface area contributed by atoms with E-state index in [1.54, 1.807) is 0 Å². The molecule has 0 heterocycles. The Morgan fingerprint density at radius 1 is 0.812 bits per heavy atom. The summed E-state index contributed by atoms with van der Waals surface area (Å²) in [5.41, 5.74) is -11.3. The molecule has 0 aliphatic rings. The largest absolute Gasteiger partial charge is 0.459 e. The molecule has 0 aromatic heterocycles. The van der Waals surface area contributed by atoms with Gasteiger partial charge in [0.15, 0.2) is 0 Å². The van der Waals surface area contributed by atoms with Crippen LogP contribution in [0.3, 0.4) is 0 Å². The first-order valence-corrected chi connectivity index (χ1v) is 8.09. The van der Waals surface area contributed by atoms with Crippen LogP contribution in [0.25, 0.3) is 0 Å². The molecule has 0 saturated carbocycles. The molecule has 0 amide bonds. The topological polar surface area (TPSA) is 76.0 Å². The van der Waals surface area contributed by atoms with E-state index in [0.29, 0.717) is 6.92 Å². The van der Waals surface area contributed by atoms with E-state index in [4.69, 9.17) is 10.2 Å². The minimum atomic E-state index is -6.19. The lowest BCUT2D eigenvalue weighted by Gasteiger charge is -2.34. The zero-order chi connectivity index (χ0) is 26.0. The van der Waals surface area contributed by atoms with Crippen molar-refractivity contribution in [3.63, 3.8) is 0 Å². The van der Waals surface area contributed by atoms with Crippen molar-refractivity contribution in [1.82, 2.24) is 0 Å². The fourth-order valence-corrected chi connectivity index (χ4v) is 2.03. The summed E-state index contributed by atoms with van der Waals surface area (Å²) in [7, 11) is 0. The predicted octanol–water partition coefficient (Wildman–Crippen LogP) is 3.98. The fraction of sp³-hybridized carbons (Fsp3) is 0.800. The van der Waals surface area contributed by atoms with Crippen LogP contribution in [0.15, 0.2) is 12.2 Å². The van der Waals surface area contributed by atoms with Crippen LogP contribution in [0, 0.1) is 0 Å². The van der Waals surface area contributed by atoms with E-state index in [1.807, 2.05) is 0 Å². The first-order chi connectivity index (χ1) is 13.9. The van der Waals surface area contributed by atoms with Gasteiger partial charge in [-0.25, -0.2) is 4.79 Å². The van der Waals surface area contributed by atoms with Crippen LogP contribution in [0.1, 0.15) is 19.8 Å². The molecule has 0 bridgehead atoms.